The standard InChI is InChI=1S/C7H14N2S/c1-3-9-7(10-5-1)2-4-8-6-7/h8-9H,1-6H2. The normalized spacial score (nSPS) is 40.8. The third-order valence-corrected chi connectivity index (χ3v) is 3.80. The van der Waals surface area contributed by atoms with E-state index >= 15 is 0 Å². The van der Waals surface area contributed by atoms with Crippen molar-refractivity contribution >= 4 is 11.8 Å². The molecule has 2 aliphatic rings. The lowest BCUT2D eigenvalue weighted by molar-refractivity contribution is 0.485. The molecule has 0 aromatic rings. The van der Waals surface area contributed by atoms with E-state index in [-0.39, 0.29) is 0 Å². The van der Waals surface area contributed by atoms with E-state index in [2.05, 4.69) is 22.4 Å². The predicted molar refractivity (Wildman–Crippen MR) is 45.3 cm³/mol. The highest BCUT2D eigenvalue weighted by molar-refractivity contribution is 8.00. The Morgan fingerprint density at radius 2 is 2.30 bits per heavy atom. The largest absolute Gasteiger partial charge is 0.314 e. The van der Waals surface area contributed by atoms with Crippen LogP contribution in [0.25, 0.3) is 0 Å². The molecule has 1 spiro atoms. The fourth-order valence-corrected chi connectivity index (χ4v) is 2.98. The third kappa shape index (κ3) is 1.18. The summed E-state index contributed by atoms with van der Waals surface area (Å²) in [4.78, 5) is 0.429. The minimum absolute atomic E-state index is 0.429. The Morgan fingerprint density at radius 3 is 2.90 bits per heavy atom. The molecular formula is C7H14N2S. The summed E-state index contributed by atoms with van der Waals surface area (Å²) < 4.78 is 0. The predicted octanol–water partition coefficient (Wildman–Crippen LogP) is 0.402. The zero-order valence-electron chi connectivity index (χ0n) is 6.15. The van der Waals surface area contributed by atoms with Crippen LogP contribution in [0.3, 0.4) is 0 Å². The monoisotopic (exact) mass is 158 g/mol. The van der Waals surface area contributed by atoms with Gasteiger partial charge in [-0.25, -0.2) is 0 Å². The van der Waals surface area contributed by atoms with E-state index in [1.54, 1.807) is 0 Å². The Bertz CT molecular complexity index is 113. The Kier molecular flexibility index (Phi) is 1.89. The smallest absolute Gasteiger partial charge is 0.0783 e. The molecule has 2 aliphatic heterocycles. The molecule has 1 unspecified atom stereocenters. The molecule has 2 fully saturated rings. The molecule has 0 radical (unpaired) electrons. The van der Waals surface area contributed by atoms with Crippen molar-refractivity contribution in [2.75, 3.05) is 25.4 Å². The molecule has 10 heavy (non-hydrogen) atoms. The lowest BCUT2D eigenvalue weighted by atomic mass is 10.2. The van der Waals surface area contributed by atoms with Crippen LogP contribution in [-0.4, -0.2) is 30.3 Å². The van der Waals surface area contributed by atoms with Gasteiger partial charge in [0.1, 0.15) is 0 Å². The van der Waals surface area contributed by atoms with E-state index in [4.69, 9.17) is 0 Å². The molecule has 2 N–H and O–H groups in total. The zero-order valence-corrected chi connectivity index (χ0v) is 6.97. The highest BCUT2D eigenvalue weighted by Crippen LogP contribution is 2.31. The minimum atomic E-state index is 0.429. The quantitative estimate of drug-likeness (QED) is 0.534. The number of hydrogen-bond donors (Lipinski definition) is 2. The molecule has 0 aromatic heterocycles. The Labute approximate surface area is 66.1 Å². The lowest BCUT2D eigenvalue weighted by Gasteiger charge is -2.33. The summed E-state index contributed by atoms with van der Waals surface area (Å²) in [5.41, 5.74) is 0. The molecular weight excluding hydrogens is 144 g/mol. The van der Waals surface area contributed by atoms with E-state index in [0.717, 1.165) is 6.54 Å². The van der Waals surface area contributed by atoms with E-state index in [1.165, 1.54) is 31.7 Å². The first kappa shape index (κ1) is 6.95. The van der Waals surface area contributed by atoms with Gasteiger partial charge in [-0.15, -0.1) is 11.8 Å². The molecule has 0 amide bonds. The van der Waals surface area contributed by atoms with Gasteiger partial charge in [0.25, 0.3) is 0 Å². The van der Waals surface area contributed by atoms with Crippen LogP contribution in [0.5, 0.6) is 0 Å². The van der Waals surface area contributed by atoms with Crippen molar-refractivity contribution in [3.05, 3.63) is 0 Å². The van der Waals surface area contributed by atoms with Gasteiger partial charge in [-0.05, 0) is 31.7 Å². The first-order valence-corrected chi connectivity index (χ1v) is 5.00. The summed E-state index contributed by atoms with van der Waals surface area (Å²) in [5.74, 6) is 1.34. The minimum Gasteiger partial charge on any atom is -0.314 e. The summed E-state index contributed by atoms with van der Waals surface area (Å²) >= 11 is 2.10. The van der Waals surface area contributed by atoms with Crippen LogP contribution in [0.2, 0.25) is 0 Å². The highest BCUT2D eigenvalue weighted by Gasteiger charge is 2.34. The summed E-state index contributed by atoms with van der Waals surface area (Å²) in [6.45, 7) is 3.58. The van der Waals surface area contributed by atoms with Gasteiger partial charge in [-0.1, -0.05) is 0 Å². The molecule has 3 heteroatoms. The van der Waals surface area contributed by atoms with Gasteiger partial charge in [-0.2, -0.15) is 0 Å². The number of thioether (sulfide) groups is 1. The molecule has 1 atom stereocenters. The average molecular weight is 158 g/mol. The van der Waals surface area contributed by atoms with Crippen LogP contribution in [0, 0.1) is 0 Å². The number of nitrogens with one attached hydrogen (secondary N) is 2. The molecule has 0 bridgehead atoms. The average Bonchev–Trinajstić information content (AvgIpc) is 2.39. The Hall–Kier alpha value is 0.270. The summed E-state index contributed by atoms with van der Waals surface area (Å²) in [7, 11) is 0. The van der Waals surface area contributed by atoms with Crippen molar-refractivity contribution in [2.45, 2.75) is 17.7 Å². The first-order valence-electron chi connectivity index (χ1n) is 4.01. The zero-order chi connectivity index (χ0) is 6.86. The molecule has 58 valence electrons. The van der Waals surface area contributed by atoms with Crippen LogP contribution in [0.1, 0.15) is 12.8 Å². The van der Waals surface area contributed by atoms with Gasteiger partial charge in [0.05, 0.1) is 4.87 Å². The van der Waals surface area contributed by atoms with Crippen molar-refractivity contribution in [2.24, 2.45) is 0 Å². The first-order chi connectivity index (χ1) is 4.91. The maximum absolute atomic E-state index is 3.59. The topological polar surface area (TPSA) is 24.1 Å². The fourth-order valence-electron chi connectivity index (χ4n) is 1.65. The Morgan fingerprint density at radius 1 is 1.30 bits per heavy atom. The molecule has 0 aromatic carbocycles. The summed E-state index contributed by atoms with van der Waals surface area (Å²) in [6.07, 6.45) is 2.64. The summed E-state index contributed by atoms with van der Waals surface area (Å²) in [5, 5.41) is 6.99. The van der Waals surface area contributed by atoms with Gasteiger partial charge in [-0.3, -0.25) is 0 Å². The Balaban J connectivity index is 1.98. The van der Waals surface area contributed by atoms with Crippen molar-refractivity contribution in [3.63, 3.8) is 0 Å². The van der Waals surface area contributed by atoms with Gasteiger partial charge in [0.15, 0.2) is 0 Å². The molecule has 2 saturated heterocycles. The maximum atomic E-state index is 3.59. The van der Waals surface area contributed by atoms with E-state index in [0.29, 0.717) is 4.87 Å². The van der Waals surface area contributed by atoms with E-state index < -0.39 is 0 Å². The summed E-state index contributed by atoms with van der Waals surface area (Å²) in [6, 6.07) is 0. The van der Waals surface area contributed by atoms with Gasteiger partial charge in [0.2, 0.25) is 0 Å². The van der Waals surface area contributed by atoms with E-state index in [9.17, 15) is 0 Å². The second-order valence-corrected chi connectivity index (χ2v) is 4.53. The highest BCUT2D eigenvalue weighted by atomic mass is 32.2. The van der Waals surface area contributed by atoms with Crippen molar-refractivity contribution < 1.29 is 0 Å². The third-order valence-electron chi connectivity index (χ3n) is 2.26. The molecule has 2 rings (SSSR count). The second kappa shape index (κ2) is 2.72. The SMILES string of the molecule is C1CNC2(CCNC2)SC1. The van der Waals surface area contributed by atoms with Crippen LogP contribution >= 0.6 is 11.8 Å². The van der Waals surface area contributed by atoms with Crippen LogP contribution in [0.15, 0.2) is 0 Å². The molecule has 0 aliphatic carbocycles. The van der Waals surface area contributed by atoms with E-state index in [1.807, 2.05) is 0 Å². The van der Waals surface area contributed by atoms with Gasteiger partial charge in [0, 0.05) is 6.54 Å². The molecule has 2 heterocycles. The van der Waals surface area contributed by atoms with Crippen molar-refractivity contribution in [1.29, 1.82) is 0 Å². The van der Waals surface area contributed by atoms with Crippen molar-refractivity contribution in [3.8, 4) is 0 Å². The van der Waals surface area contributed by atoms with Gasteiger partial charge < -0.3 is 10.6 Å². The fraction of sp³-hybridized carbons (Fsp3) is 1.00. The second-order valence-electron chi connectivity index (χ2n) is 3.05. The van der Waals surface area contributed by atoms with Crippen LogP contribution in [-0.2, 0) is 0 Å². The van der Waals surface area contributed by atoms with Crippen LogP contribution in [0.4, 0.5) is 0 Å². The van der Waals surface area contributed by atoms with Crippen LogP contribution < -0.4 is 10.6 Å². The van der Waals surface area contributed by atoms with Crippen molar-refractivity contribution in [1.82, 2.24) is 10.6 Å². The maximum Gasteiger partial charge on any atom is 0.0783 e. The molecule has 2 nitrogen and oxygen atoms in total. The lowest BCUT2D eigenvalue weighted by Crippen LogP contribution is -2.47. The molecule has 0 saturated carbocycles. The number of hydrogen-bond acceptors (Lipinski definition) is 3. The van der Waals surface area contributed by atoms with Gasteiger partial charge >= 0.3 is 0 Å². The number of rotatable bonds is 0.